The lowest BCUT2D eigenvalue weighted by Gasteiger charge is -2.32. The van der Waals surface area contributed by atoms with E-state index in [-0.39, 0.29) is 29.4 Å². The van der Waals surface area contributed by atoms with Gasteiger partial charge in [0.2, 0.25) is 0 Å². The van der Waals surface area contributed by atoms with E-state index in [1.165, 1.54) is 0 Å². The molecule has 0 unspecified atom stereocenters. The van der Waals surface area contributed by atoms with E-state index in [0.717, 1.165) is 0 Å². The third kappa shape index (κ3) is 4.29. The van der Waals surface area contributed by atoms with E-state index in [1.807, 2.05) is 18.7 Å². The number of hydrogen-bond donors (Lipinski definition) is 1. The Labute approximate surface area is 158 Å². The number of hydrogen-bond acceptors (Lipinski definition) is 6. The summed E-state index contributed by atoms with van der Waals surface area (Å²) < 4.78 is 33.4. The highest BCUT2D eigenvalue weighted by Gasteiger charge is 2.34. The fourth-order valence-corrected chi connectivity index (χ4v) is 4.49. The van der Waals surface area contributed by atoms with Crippen LogP contribution in [0.3, 0.4) is 0 Å². The number of benzene rings is 1. The number of amides is 1. The number of piperidine rings is 1. The molecule has 0 saturated carbocycles. The fourth-order valence-electron chi connectivity index (χ4n) is 3.26. The van der Waals surface area contributed by atoms with Crippen molar-refractivity contribution in [2.75, 3.05) is 19.7 Å². The molecule has 27 heavy (non-hydrogen) atoms. The predicted octanol–water partition coefficient (Wildman–Crippen LogP) is 0.915. The minimum atomic E-state index is -3.65. The van der Waals surface area contributed by atoms with E-state index in [0.29, 0.717) is 37.3 Å². The third-order valence-corrected chi connectivity index (χ3v) is 5.86. The van der Waals surface area contributed by atoms with Gasteiger partial charge in [-0.3, -0.25) is 9.59 Å². The van der Waals surface area contributed by atoms with Crippen molar-refractivity contribution in [1.29, 1.82) is 0 Å². The molecule has 9 heteroatoms. The van der Waals surface area contributed by atoms with Crippen LogP contribution in [0.1, 0.15) is 32.3 Å². The first kappa shape index (κ1) is 19.3. The number of nitrogens with zero attached hydrogens (tertiary/aromatic N) is 2. The number of ether oxygens (including phenoxy) is 1. The standard InChI is InChI=1S/C18H23N3O5S/c1-12(2)19-16(22)11-26-18(23)13-7-9-21(10-8-13)17-14-5-3-4-6-15(14)27(24,25)20-17/h3-6,12-13H,7-11H2,1-2H3,(H,19,22). The molecule has 1 fully saturated rings. The summed E-state index contributed by atoms with van der Waals surface area (Å²) in [4.78, 5) is 25.9. The van der Waals surface area contributed by atoms with Gasteiger partial charge in [-0.05, 0) is 38.8 Å². The zero-order chi connectivity index (χ0) is 19.6. The van der Waals surface area contributed by atoms with Gasteiger partial charge in [0.1, 0.15) is 4.90 Å². The molecule has 8 nitrogen and oxygen atoms in total. The molecule has 1 N–H and O–H groups in total. The summed E-state index contributed by atoms with van der Waals surface area (Å²) in [5.74, 6) is -0.580. The molecule has 1 aromatic carbocycles. The van der Waals surface area contributed by atoms with Crippen molar-refractivity contribution < 1.29 is 22.7 Å². The second-order valence-corrected chi connectivity index (χ2v) is 8.55. The number of amidine groups is 1. The number of esters is 1. The molecule has 2 aliphatic heterocycles. The summed E-state index contributed by atoms with van der Waals surface area (Å²) in [5, 5.41) is 2.67. The number of fused-ring (bicyclic) bond motifs is 1. The Morgan fingerprint density at radius 2 is 1.93 bits per heavy atom. The topological polar surface area (TPSA) is 105 Å². The number of rotatable bonds is 4. The van der Waals surface area contributed by atoms with Gasteiger partial charge in [-0.15, -0.1) is 4.40 Å². The molecule has 146 valence electrons. The maximum Gasteiger partial charge on any atom is 0.309 e. The van der Waals surface area contributed by atoms with E-state index in [2.05, 4.69) is 9.71 Å². The predicted molar refractivity (Wildman–Crippen MR) is 98.7 cm³/mol. The molecule has 2 heterocycles. The Morgan fingerprint density at radius 3 is 2.59 bits per heavy atom. The van der Waals surface area contributed by atoms with Crippen LogP contribution in [-0.2, 0) is 24.3 Å². The highest BCUT2D eigenvalue weighted by atomic mass is 32.2. The minimum Gasteiger partial charge on any atom is -0.455 e. The molecule has 2 aliphatic rings. The molecule has 1 saturated heterocycles. The van der Waals surface area contributed by atoms with Gasteiger partial charge in [0.05, 0.1) is 5.92 Å². The van der Waals surface area contributed by atoms with E-state index in [4.69, 9.17) is 4.74 Å². The Bertz CT molecular complexity index is 871. The van der Waals surface area contributed by atoms with Crippen LogP contribution in [0.2, 0.25) is 0 Å². The lowest BCUT2D eigenvalue weighted by Crippen LogP contribution is -2.41. The second-order valence-electron chi connectivity index (χ2n) is 6.98. The van der Waals surface area contributed by atoms with Crippen molar-refractivity contribution in [1.82, 2.24) is 10.2 Å². The third-order valence-electron chi connectivity index (χ3n) is 4.54. The molecular formula is C18H23N3O5S. The highest BCUT2D eigenvalue weighted by molar-refractivity contribution is 7.90. The lowest BCUT2D eigenvalue weighted by molar-refractivity contribution is -0.153. The summed E-state index contributed by atoms with van der Waals surface area (Å²) in [7, 11) is -3.65. The van der Waals surface area contributed by atoms with Crippen LogP contribution < -0.4 is 5.32 Å². The first-order valence-electron chi connectivity index (χ1n) is 8.93. The zero-order valence-electron chi connectivity index (χ0n) is 15.3. The van der Waals surface area contributed by atoms with Crippen molar-refractivity contribution in [3.63, 3.8) is 0 Å². The van der Waals surface area contributed by atoms with E-state index in [9.17, 15) is 18.0 Å². The number of carbonyl (C=O) groups excluding carboxylic acids is 2. The monoisotopic (exact) mass is 393 g/mol. The smallest absolute Gasteiger partial charge is 0.309 e. The van der Waals surface area contributed by atoms with Crippen molar-refractivity contribution >= 4 is 27.7 Å². The van der Waals surface area contributed by atoms with Crippen LogP contribution in [0.25, 0.3) is 0 Å². The van der Waals surface area contributed by atoms with Crippen LogP contribution >= 0.6 is 0 Å². The lowest BCUT2D eigenvalue weighted by atomic mass is 9.96. The number of likely N-dealkylation sites (tertiary alicyclic amines) is 1. The molecular weight excluding hydrogens is 370 g/mol. The van der Waals surface area contributed by atoms with Gasteiger partial charge in [0, 0.05) is 24.7 Å². The van der Waals surface area contributed by atoms with Crippen LogP contribution in [0, 0.1) is 5.92 Å². The van der Waals surface area contributed by atoms with Crippen LogP contribution in [-0.4, -0.2) is 56.8 Å². The molecule has 0 atom stereocenters. The van der Waals surface area contributed by atoms with Crippen LogP contribution in [0.5, 0.6) is 0 Å². The van der Waals surface area contributed by atoms with Crippen molar-refractivity contribution in [3.8, 4) is 0 Å². The van der Waals surface area contributed by atoms with E-state index in [1.54, 1.807) is 24.3 Å². The van der Waals surface area contributed by atoms with Crippen LogP contribution in [0.15, 0.2) is 33.6 Å². The van der Waals surface area contributed by atoms with Crippen molar-refractivity contribution in [2.24, 2.45) is 10.3 Å². The van der Waals surface area contributed by atoms with Gasteiger partial charge >= 0.3 is 5.97 Å². The highest BCUT2D eigenvalue weighted by Crippen LogP contribution is 2.29. The molecule has 0 radical (unpaired) electrons. The van der Waals surface area contributed by atoms with E-state index >= 15 is 0 Å². The summed E-state index contributed by atoms with van der Waals surface area (Å²) in [6, 6.07) is 6.74. The fraction of sp³-hybridized carbons (Fsp3) is 0.500. The maximum atomic E-state index is 12.2. The van der Waals surface area contributed by atoms with E-state index < -0.39 is 16.0 Å². The van der Waals surface area contributed by atoms with Gasteiger partial charge in [0.25, 0.3) is 15.9 Å². The Hall–Kier alpha value is -2.42. The van der Waals surface area contributed by atoms with Gasteiger partial charge in [0.15, 0.2) is 12.4 Å². The largest absolute Gasteiger partial charge is 0.455 e. The first-order valence-corrected chi connectivity index (χ1v) is 10.4. The Morgan fingerprint density at radius 1 is 1.26 bits per heavy atom. The summed E-state index contributed by atoms with van der Waals surface area (Å²) >= 11 is 0. The second kappa shape index (κ2) is 7.67. The first-order chi connectivity index (χ1) is 12.8. The summed E-state index contributed by atoms with van der Waals surface area (Å²) in [6.45, 7) is 4.38. The molecule has 0 spiro atoms. The Kier molecular flexibility index (Phi) is 5.50. The van der Waals surface area contributed by atoms with Gasteiger partial charge < -0.3 is 15.0 Å². The Balaban J connectivity index is 1.57. The average molecular weight is 393 g/mol. The SMILES string of the molecule is CC(C)NC(=O)COC(=O)C1CCN(C2=NS(=O)(=O)c3ccccc32)CC1. The van der Waals surface area contributed by atoms with Gasteiger partial charge in [-0.2, -0.15) is 8.42 Å². The quantitative estimate of drug-likeness (QED) is 0.763. The van der Waals surface area contributed by atoms with Crippen LogP contribution in [0.4, 0.5) is 0 Å². The molecule has 3 rings (SSSR count). The maximum absolute atomic E-state index is 12.2. The van der Waals surface area contributed by atoms with Gasteiger partial charge in [-0.25, -0.2) is 0 Å². The molecule has 1 amide bonds. The number of sulfonamides is 1. The minimum absolute atomic E-state index is 0.00853. The normalized spacial score (nSPS) is 18.8. The zero-order valence-corrected chi connectivity index (χ0v) is 16.2. The molecule has 1 aromatic rings. The molecule has 0 aromatic heterocycles. The number of nitrogens with one attached hydrogen (secondary N) is 1. The summed E-state index contributed by atoms with van der Waals surface area (Å²) in [6.07, 6.45) is 1.04. The van der Waals surface area contributed by atoms with Gasteiger partial charge in [-0.1, -0.05) is 12.1 Å². The van der Waals surface area contributed by atoms with Crippen molar-refractivity contribution in [2.45, 2.75) is 37.6 Å². The molecule has 0 aliphatic carbocycles. The number of carbonyl (C=O) groups is 2. The summed E-state index contributed by atoms with van der Waals surface area (Å²) in [5.41, 5.74) is 0.601. The average Bonchev–Trinajstić information content (AvgIpc) is 2.91. The molecule has 0 bridgehead atoms. The van der Waals surface area contributed by atoms with Crippen molar-refractivity contribution in [3.05, 3.63) is 29.8 Å².